The van der Waals surface area contributed by atoms with Crippen molar-refractivity contribution in [3.8, 4) is 0 Å². The minimum Gasteiger partial charge on any atom is -0.260 e. The summed E-state index contributed by atoms with van der Waals surface area (Å²) < 4.78 is 0.348. The molecule has 0 aliphatic heterocycles. The van der Waals surface area contributed by atoms with E-state index in [9.17, 15) is 10.1 Å². The van der Waals surface area contributed by atoms with E-state index in [0.717, 1.165) is 5.56 Å². The lowest BCUT2D eigenvalue weighted by molar-refractivity contribution is -0.982. The Labute approximate surface area is 95.6 Å². The number of quaternary nitrogens is 1. The van der Waals surface area contributed by atoms with Crippen molar-refractivity contribution in [3.05, 3.63) is 58.7 Å². The van der Waals surface area contributed by atoms with Crippen LogP contribution in [0, 0.1) is 10.1 Å². The Morgan fingerprint density at radius 3 is 2.56 bits per heavy atom. The predicted molar refractivity (Wildman–Crippen MR) is 63.3 cm³/mol. The lowest BCUT2D eigenvalue weighted by atomic mass is 10.2. The van der Waals surface area contributed by atoms with Crippen molar-refractivity contribution in [2.24, 2.45) is 0 Å². The van der Waals surface area contributed by atoms with Gasteiger partial charge in [0.1, 0.15) is 13.1 Å². The smallest absolute Gasteiger partial charge is 0.260 e. The highest BCUT2D eigenvalue weighted by atomic mass is 16.6. The van der Waals surface area contributed by atoms with Crippen molar-refractivity contribution in [2.45, 2.75) is 6.54 Å². The highest BCUT2D eigenvalue weighted by Crippen LogP contribution is 2.11. The maximum absolute atomic E-state index is 10.6. The molecular formula is C12H17N2O2+. The standard InChI is InChI=1S/C12H17N2O2/c1-3-9-14(2,11-13(15)16)10-12-7-5-4-6-8-12/h3-8H,1,9-11H2,2H3/q+1. The molecule has 0 N–H and O–H groups in total. The number of rotatable bonds is 6. The average molecular weight is 221 g/mol. The van der Waals surface area contributed by atoms with Crippen LogP contribution in [0.5, 0.6) is 0 Å². The van der Waals surface area contributed by atoms with Gasteiger partial charge in [-0.1, -0.05) is 36.9 Å². The first kappa shape index (κ1) is 12.4. The molecule has 0 heterocycles. The van der Waals surface area contributed by atoms with Gasteiger partial charge in [0.15, 0.2) is 0 Å². The Kier molecular flexibility index (Phi) is 4.19. The van der Waals surface area contributed by atoms with E-state index < -0.39 is 0 Å². The fourth-order valence-electron chi connectivity index (χ4n) is 1.79. The predicted octanol–water partition coefficient (Wildman–Crippen LogP) is 2.05. The van der Waals surface area contributed by atoms with Crippen LogP contribution in [0.2, 0.25) is 0 Å². The second-order valence-corrected chi connectivity index (χ2v) is 4.21. The maximum Gasteiger partial charge on any atom is 0.328 e. The largest absolute Gasteiger partial charge is 0.328 e. The third-order valence-corrected chi connectivity index (χ3v) is 2.43. The molecule has 0 saturated carbocycles. The van der Waals surface area contributed by atoms with Crippen molar-refractivity contribution in [1.82, 2.24) is 0 Å². The molecule has 4 heteroatoms. The Balaban J connectivity index is 2.78. The summed E-state index contributed by atoms with van der Waals surface area (Å²) in [7, 11) is 1.87. The number of hydrogen-bond donors (Lipinski definition) is 0. The van der Waals surface area contributed by atoms with E-state index in [1.165, 1.54) is 0 Å². The molecule has 0 amide bonds. The summed E-state index contributed by atoms with van der Waals surface area (Å²) in [5.74, 6) is 0. The first-order chi connectivity index (χ1) is 7.56. The Bertz CT molecular complexity index is 365. The molecule has 0 aliphatic rings. The molecule has 0 fully saturated rings. The third kappa shape index (κ3) is 3.82. The van der Waals surface area contributed by atoms with Crippen molar-refractivity contribution >= 4 is 0 Å². The third-order valence-electron chi connectivity index (χ3n) is 2.43. The Morgan fingerprint density at radius 2 is 2.06 bits per heavy atom. The van der Waals surface area contributed by atoms with Crippen LogP contribution in [0.4, 0.5) is 0 Å². The summed E-state index contributed by atoms with van der Waals surface area (Å²) in [6, 6.07) is 9.80. The molecule has 0 bridgehead atoms. The summed E-state index contributed by atoms with van der Waals surface area (Å²) in [6.07, 6.45) is 1.73. The molecule has 1 rings (SSSR count). The zero-order chi connectivity index (χ0) is 12.0. The van der Waals surface area contributed by atoms with E-state index in [4.69, 9.17) is 0 Å². The second kappa shape index (κ2) is 5.42. The molecule has 1 unspecified atom stereocenters. The van der Waals surface area contributed by atoms with Crippen molar-refractivity contribution < 1.29 is 9.41 Å². The SMILES string of the molecule is C=CC[N+](C)(Cc1ccccc1)C[N+](=O)[O-]. The molecule has 1 aromatic rings. The fraction of sp³-hybridized carbons (Fsp3) is 0.333. The minimum absolute atomic E-state index is 0.0824. The van der Waals surface area contributed by atoms with Crippen LogP contribution in [0.3, 0.4) is 0 Å². The monoisotopic (exact) mass is 221 g/mol. The fourth-order valence-corrected chi connectivity index (χ4v) is 1.79. The molecule has 1 atom stereocenters. The molecule has 0 aliphatic carbocycles. The highest BCUT2D eigenvalue weighted by molar-refractivity contribution is 5.13. The van der Waals surface area contributed by atoms with Crippen LogP contribution in [0.25, 0.3) is 0 Å². The van der Waals surface area contributed by atoms with E-state index in [2.05, 4.69) is 6.58 Å². The van der Waals surface area contributed by atoms with Gasteiger partial charge in [0.05, 0.1) is 12.0 Å². The summed E-state index contributed by atoms with van der Waals surface area (Å²) in [6.45, 7) is 4.81. The number of nitrogens with zero attached hydrogens (tertiary/aromatic N) is 2. The summed E-state index contributed by atoms with van der Waals surface area (Å²) >= 11 is 0. The van der Waals surface area contributed by atoms with E-state index in [-0.39, 0.29) is 11.6 Å². The Hall–Kier alpha value is -1.68. The van der Waals surface area contributed by atoms with Crippen LogP contribution in [-0.2, 0) is 6.54 Å². The van der Waals surface area contributed by atoms with Gasteiger partial charge in [-0.25, -0.2) is 0 Å². The van der Waals surface area contributed by atoms with Gasteiger partial charge in [0.25, 0.3) is 0 Å². The van der Waals surface area contributed by atoms with Gasteiger partial charge in [-0.3, -0.25) is 14.6 Å². The maximum atomic E-state index is 10.6. The second-order valence-electron chi connectivity index (χ2n) is 4.21. The lowest BCUT2D eigenvalue weighted by Crippen LogP contribution is -2.46. The summed E-state index contributed by atoms with van der Waals surface area (Å²) in [4.78, 5) is 10.4. The molecule has 4 nitrogen and oxygen atoms in total. The van der Waals surface area contributed by atoms with Gasteiger partial charge in [-0.05, 0) is 6.08 Å². The quantitative estimate of drug-likeness (QED) is 0.242. The number of likely N-dealkylation sites (N-methyl/N-ethyl adjacent to an activating group) is 1. The molecule has 0 saturated heterocycles. The minimum atomic E-state index is -0.271. The van der Waals surface area contributed by atoms with E-state index in [1.807, 2.05) is 37.4 Å². The zero-order valence-electron chi connectivity index (χ0n) is 9.50. The van der Waals surface area contributed by atoms with Crippen molar-refractivity contribution in [2.75, 3.05) is 20.3 Å². The molecular weight excluding hydrogens is 204 g/mol. The van der Waals surface area contributed by atoms with Crippen LogP contribution in [-0.4, -0.2) is 29.7 Å². The zero-order valence-corrected chi connectivity index (χ0v) is 9.50. The van der Waals surface area contributed by atoms with Crippen LogP contribution >= 0.6 is 0 Å². The highest BCUT2D eigenvalue weighted by Gasteiger charge is 2.26. The molecule has 0 radical (unpaired) electrons. The molecule has 0 spiro atoms. The first-order valence-corrected chi connectivity index (χ1v) is 5.16. The lowest BCUT2D eigenvalue weighted by Gasteiger charge is -2.28. The first-order valence-electron chi connectivity index (χ1n) is 5.16. The van der Waals surface area contributed by atoms with Gasteiger partial charge in [0, 0.05) is 5.56 Å². The number of benzene rings is 1. The average Bonchev–Trinajstić information content (AvgIpc) is 2.17. The summed E-state index contributed by atoms with van der Waals surface area (Å²) in [5.41, 5.74) is 1.11. The van der Waals surface area contributed by atoms with Crippen LogP contribution < -0.4 is 0 Å². The van der Waals surface area contributed by atoms with Crippen LogP contribution in [0.1, 0.15) is 5.56 Å². The normalized spacial score (nSPS) is 14.1. The molecule has 86 valence electrons. The van der Waals surface area contributed by atoms with E-state index >= 15 is 0 Å². The molecule has 0 aromatic heterocycles. The van der Waals surface area contributed by atoms with Gasteiger partial charge in [0.2, 0.25) is 0 Å². The Morgan fingerprint density at radius 1 is 1.44 bits per heavy atom. The van der Waals surface area contributed by atoms with Gasteiger partial charge < -0.3 is 0 Å². The van der Waals surface area contributed by atoms with Crippen molar-refractivity contribution in [3.63, 3.8) is 0 Å². The summed E-state index contributed by atoms with van der Waals surface area (Å²) in [5, 5.41) is 10.6. The topological polar surface area (TPSA) is 43.1 Å². The van der Waals surface area contributed by atoms with E-state index in [0.29, 0.717) is 17.6 Å². The van der Waals surface area contributed by atoms with Crippen molar-refractivity contribution in [1.29, 1.82) is 0 Å². The number of nitro groups is 1. The van der Waals surface area contributed by atoms with Gasteiger partial charge >= 0.3 is 6.67 Å². The van der Waals surface area contributed by atoms with Gasteiger partial charge in [-0.15, -0.1) is 0 Å². The number of hydrogen-bond acceptors (Lipinski definition) is 2. The molecule has 1 aromatic carbocycles. The van der Waals surface area contributed by atoms with Gasteiger partial charge in [-0.2, -0.15) is 0 Å². The molecule has 16 heavy (non-hydrogen) atoms. The van der Waals surface area contributed by atoms with Crippen LogP contribution in [0.15, 0.2) is 43.0 Å². The van der Waals surface area contributed by atoms with E-state index in [1.54, 1.807) is 6.08 Å².